The van der Waals surface area contributed by atoms with Gasteiger partial charge in [0.2, 0.25) is 5.91 Å². The maximum absolute atomic E-state index is 11.8. The number of amides is 2. The second-order valence-corrected chi connectivity index (χ2v) is 5.97. The van der Waals surface area contributed by atoms with Gasteiger partial charge >= 0.3 is 0 Å². The van der Waals surface area contributed by atoms with Crippen LogP contribution in [0.15, 0.2) is 28.7 Å². The van der Waals surface area contributed by atoms with Gasteiger partial charge in [-0.25, -0.2) is 5.43 Å². The van der Waals surface area contributed by atoms with Crippen LogP contribution in [0.25, 0.3) is 0 Å². The van der Waals surface area contributed by atoms with E-state index in [0.29, 0.717) is 18.2 Å². The SMILES string of the molecule is CC1CC(NC(=O)CCNC(=O)c2ccc(Br)cc2)NN1. The van der Waals surface area contributed by atoms with Gasteiger partial charge < -0.3 is 10.6 Å². The Bertz CT molecular complexity index is 506. The molecule has 21 heavy (non-hydrogen) atoms. The lowest BCUT2D eigenvalue weighted by Crippen LogP contribution is -2.45. The number of rotatable bonds is 5. The minimum Gasteiger partial charge on any atom is -0.352 e. The van der Waals surface area contributed by atoms with Crippen molar-refractivity contribution in [2.45, 2.75) is 32.0 Å². The van der Waals surface area contributed by atoms with E-state index in [4.69, 9.17) is 0 Å². The molecule has 1 saturated heterocycles. The predicted octanol–water partition coefficient (Wildman–Crippen LogP) is 0.898. The summed E-state index contributed by atoms with van der Waals surface area (Å²) in [5.41, 5.74) is 6.61. The molecule has 114 valence electrons. The van der Waals surface area contributed by atoms with Crippen LogP contribution < -0.4 is 21.5 Å². The fourth-order valence-electron chi connectivity index (χ4n) is 2.07. The molecule has 1 aromatic rings. The Hall–Kier alpha value is -1.44. The zero-order valence-corrected chi connectivity index (χ0v) is 13.4. The van der Waals surface area contributed by atoms with Gasteiger partial charge in [-0.1, -0.05) is 15.9 Å². The summed E-state index contributed by atoms with van der Waals surface area (Å²) in [6.45, 7) is 2.36. The molecular formula is C14H19BrN4O2. The molecule has 0 saturated carbocycles. The minimum absolute atomic E-state index is 0.0466. The van der Waals surface area contributed by atoms with Crippen LogP contribution in [0.4, 0.5) is 0 Å². The maximum atomic E-state index is 11.8. The van der Waals surface area contributed by atoms with E-state index in [-0.39, 0.29) is 24.4 Å². The van der Waals surface area contributed by atoms with Crippen molar-refractivity contribution in [3.05, 3.63) is 34.3 Å². The number of carbonyl (C=O) groups is 2. The van der Waals surface area contributed by atoms with Crippen molar-refractivity contribution in [3.63, 3.8) is 0 Å². The van der Waals surface area contributed by atoms with Gasteiger partial charge in [0.1, 0.15) is 0 Å². The Labute approximate surface area is 132 Å². The highest BCUT2D eigenvalue weighted by molar-refractivity contribution is 9.10. The Morgan fingerprint density at radius 1 is 1.29 bits per heavy atom. The van der Waals surface area contributed by atoms with Crippen molar-refractivity contribution in [1.29, 1.82) is 0 Å². The topological polar surface area (TPSA) is 82.3 Å². The number of halogens is 1. The smallest absolute Gasteiger partial charge is 0.251 e. The lowest BCUT2D eigenvalue weighted by atomic mass is 10.2. The number of nitrogens with one attached hydrogen (secondary N) is 4. The van der Waals surface area contributed by atoms with Crippen LogP contribution >= 0.6 is 15.9 Å². The van der Waals surface area contributed by atoms with E-state index in [9.17, 15) is 9.59 Å². The second kappa shape index (κ2) is 7.53. The molecule has 0 aromatic heterocycles. The van der Waals surface area contributed by atoms with Crippen molar-refractivity contribution in [1.82, 2.24) is 21.5 Å². The molecule has 1 fully saturated rings. The normalized spacial score (nSPS) is 21.0. The summed E-state index contributed by atoms with van der Waals surface area (Å²) < 4.78 is 0.922. The fourth-order valence-corrected chi connectivity index (χ4v) is 2.33. The first-order valence-electron chi connectivity index (χ1n) is 6.89. The number of carbonyl (C=O) groups excluding carboxylic acids is 2. The van der Waals surface area contributed by atoms with E-state index in [2.05, 4.69) is 37.4 Å². The van der Waals surface area contributed by atoms with Crippen LogP contribution in [-0.2, 0) is 4.79 Å². The van der Waals surface area contributed by atoms with Crippen molar-refractivity contribution < 1.29 is 9.59 Å². The molecular weight excluding hydrogens is 336 g/mol. The molecule has 1 aromatic carbocycles. The summed E-state index contributed by atoms with van der Waals surface area (Å²) in [5.74, 6) is -0.260. The first-order chi connectivity index (χ1) is 10.0. The lowest BCUT2D eigenvalue weighted by molar-refractivity contribution is -0.121. The molecule has 1 aliphatic heterocycles. The molecule has 2 atom stereocenters. The largest absolute Gasteiger partial charge is 0.352 e. The van der Waals surface area contributed by atoms with Gasteiger partial charge in [0, 0.05) is 29.0 Å². The van der Waals surface area contributed by atoms with Gasteiger partial charge in [0.05, 0.1) is 6.17 Å². The molecule has 1 aliphatic rings. The first-order valence-corrected chi connectivity index (χ1v) is 7.68. The van der Waals surface area contributed by atoms with E-state index >= 15 is 0 Å². The Morgan fingerprint density at radius 2 is 2.00 bits per heavy atom. The van der Waals surface area contributed by atoms with Gasteiger partial charge in [-0.2, -0.15) is 0 Å². The van der Waals surface area contributed by atoms with E-state index in [1.165, 1.54) is 0 Å². The highest BCUT2D eigenvalue weighted by atomic mass is 79.9. The molecule has 0 bridgehead atoms. The standard InChI is InChI=1S/C14H19BrN4O2/c1-9-8-12(19-18-9)17-13(20)6-7-16-14(21)10-2-4-11(15)5-3-10/h2-5,9,12,18-19H,6-8H2,1H3,(H,16,21)(H,17,20). The minimum atomic E-state index is -0.176. The number of hydrazine groups is 1. The lowest BCUT2D eigenvalue weighted by Gasteiger charge is -2.12. The summed E-state index contributed by atoms with van der Waals surface area (Å²) in [4.78, 5) is 23.6. The summed E-state index contributed by atoms with van der Waals surface area (Å²) >= 11 is 3.32. The average Bonchev–Trinajstić information content (AvgIpc) is 2.84. The molecule has 2 rings (SSSR count). The van der Waals surface area contributed by atoms with Gasteiger partial charge in [0.25, 0.3) is 5.91 Å². The fraction of sp³-hybridized carbons (Fsp3) is 0.429. The van der Waals surface area contributed by atoms with Crippen LogP contribution in [-0.4, -0.2) is 30.6 Å². The average molecular weight is 355 g/mol. The van der Waals surface area contributed by atoms with E-state index in [1.807, 2.05) is 19.1 Å². The molecule has 0 aliphatic carbocycles. The van der Waals surface area contributed by atoms with Crippen LogP contribution in [0.2, 0.25) is 0 Å². The Kier molecular flexibility index (Phi) is 5.72. The van der Waals surface area contributed by atoms with Crippen LogP contribution in [0.1, 0.15) is 30.1 Å². The molecule has 2 unspecified atom stereocenters. The van der Waals surface area contributed by atoms with Gasteiger partial charge in [-0.05, 0) is 37.6 Å². The van der Waals surface area contributed by atoms with Gasteiger partial charge in [-0.15, -0.1) is 0 Å². The van der Waals surface area contributed by atoms with Crippen molar-refractivity contribution in [2.75, 3.05) is 6.54 Å². The van der Waals surface area contributed by atoms with Crippen molar-refractivity contribution in [3.8, 4) is 0 Å². The number of hydrogen-bond acceptors (Lipinski definition) is 4. The third-order valence-corrected chi connectivity index (χ3v) is 3.70. The maximum Gasteiger partial charge on any atom is 0.251 e. The highest BCUT2D eigenvalue weighted by Gasteiger charge is 2.21. The van der Waals surface area contributed by atoms with E-state index in [1.54, 1.807) is 12.1 Å². The first kappa shape index (κ1) is 15.9. The molecule has 0 spiro atoms. The van der Waals surface area contributed by atoms with Crippen LogP contribution in [0.5, 0.6) is 0 Å². The zero-order chi connectivity index (χ0) is 15.2. The van der Waals surface area contributed by atoms with Gasteiger partial charge in [0.15, 0.2) is 0 Å². The number of benzene rings is 1. The molecule has 0 radical (unpaired) electrons. The van der Waals surface area contributed by atoms with E-state index in [0.717, 1.165) is 10.9 Å². The predicted molar refractivity (Wildman–Crippen MR) is 83.4 cm³/mol. The van der Waals surface area contributed by atoms with Crippen LogP contribution in [0, 0.1) is 0 Å². The molecule has 2 amide bonds. The molecule has 6 nitrogen and oxygen atoms in total. The molecule has 7 heteroatoms. The summed E-state index contributed by atoms with van der Waals surface area (Å²) in [6.07, 6.45) is 1.06. The molecule has 1 heterocycles. The quantitative estimate of drug-likeness (QED) is 0.633. The van der Waals surface area contributed by atoms with Crippen molar-refractivity contribution >= 4 is 27.7 Å². The monoisotopic (exact) mass is 354 g/mol. The summed E-state index contributed by atoms with van der Waals surface area (Å²) in [5, 5.41) is 5.59. The van der Waals surface area contributed by atoms with Gasteiger partial charge in [-0.3, -0.25) is 15.0 Å². The highest BCUT2D eigenvalue weighted by Crippen LogP contribution is 2.10. The molecule has 4 N–H and O–H groups in total. The number of hydrogen-bond donors (Lipinski definition) is 4. The third kappa shape index (κ3) is 5.11. The Balaban J connectivity index is 1.67. The zero-order valence-electron chi connectivity index (χ0n) is 11.8. The summed E-state index contributed by atoms with van der Waals surface area (Å²) in [6, 6.07) is 7.42. The van der Waals surface area contributed by atoms with E-state index < -0.39 is 0 Å². The summed E-state index contributed by atoms with van der Waals surface area (Å²) in [7, 11) is 0. The third-order valence-electron chi connectivity index (χ3n) is 3.17. The Morgan fingerprint density at radius 3 is 2.62 bits per heavy atom. The van der Waals surface area contributed by atoms with Crippen LogP contribution in [0.3, 0.4) is 0 Å². The second-order valence-electron chi connectivity index (χ2n) is 5.06. The van der Waals surface area contributed by atoms with Crippen molar-refractivity contribution in [2.24, 2.45) is 0 Å².